The van der Waals surface area contributed by atoms with Gasteiger partial charge in [0.15, 0.2) is 0 Å². The number of rotatable bonds is 8. The summed E-state index contributed by atoms with van der Waals surface area (Å²) in [6.45, 7) is 3.60. The summed E-state index contributed by atoms with van der Waals surface area (Å²) in [6, 6.07) is 18.9. The van der Waals surface area contributed by atoms with Crippen LogP contribution in [-0.4, -0.2) is 31.8 Å². The van der Waals surface area contributed by atoms with Gasteiger partial charge in [-0.2, -0.15) is 0 Å². The van der Waals surface area contributed by atoms with Crippen molar-refractivity contribution in [3.05, 3.63) is 83.6 Å². The van der Waals surface area contributed by atoms with E-state index in [9.17, 15) is 8.78 Å². The molecule has 4 rings (SSSR count). The van der Waals surface area contributed by atoms with E-state index in [2.05, 4.69) is 34.6 Å². The Bertz CT molecular complexity index is 1060. The van der Waals surface area contributed by atoms with Gasteiger partial charge < -0.3 is 14.8 Å². The van der Waals surface area contributed by atoms with E-state index < -0.39 is 5.92 Å². The topological polar surface area (TPSA) is 43.4 Å². The van der Waals surface area contributed by atoms with E-state index in [4.69, 9.17) is 9.47 Å². The number of hydrogen-bond donors (Lipinski definition) is 1. The highest BCUT2D eigenvalue weighted by atomic mass is 19.3. The van der Waals surface area contributed by atoms with Crippen LogP contribution in [0, 0.1) is 0 Å². The first-order valence-electron chi connectivity index (χ1n) is 11.3. The van der Waals surface area contributed by atoms with Gasteiger partial charge in [-0.1, -0.05) is 30.3 Å². The van der Waals surface area contributed by atoms with Crippen LogP contribution >= 0.6 is 0 Å². The summed E-state index contributed by atoms with van der Waals surface area (Å²) in [5, 5.41) is 3.42. The Morgan fingerprint density at radius 3 is 2.45 bits per heavy atom. The molecular formula is C27H30F2N2O2. The fourth-order valence-electron chi connectivity index (χ4n) is 4.47. The standard InChI is InChI=1S/C27H30F2N2O2/c1-26(28,29)24-15-20(14-22(16-24)21-8-11-31-25(17-21)32-2)18-33-19-27(9-12-30-13-10-27)23-6-4-3-5-7-23/h3-8,11,14-17,30H,9-10,12-13,18-19H2,1-2H3. The molecule has 0 amide bonds. The molecule has 33 heavy (non-hydrogen) atoms. The maximum Gasteiger partial charge on any atom is 0.270 e. The number of nitrogens with one attached hydrogen (secondary N) is 1. The van der Waals surface area contributed by atoms with Crippen molar-refractivity contribution in [2.45, 2.75) is 37.7 Å². The smallest absolute Gasteiger partial charge is 0.270 e. The van der Waals surface area contributed by atoms with E-state index in [0.717, 1.165) is 44.0 Å². The van der Waals surface area contributed by atoms with Crippen molar-refractivity contribution < 1.29 is 18.3 Å². The molecule has 2 heterocycles. The Balaban J connectivity index is 1.58. The van der Waals surface area contributed by atoms with Crippen molar-refractivity contribution >= 4 is 0 Å². The van der Waals surface area contributed by atoms with Gasteiger partial charge in [0.25, 0.3) is 5.92 Å². The highest BCUT2D eigenvalue weighted by Crippen LogP contribution is 2.35. The van der Waals surface area contributed by atoms with Gasteiger partial charge in [0.1, 0.15) is 0 Å². The van der Waals surface area contributed by atoms with E-state index >= 15 is 0 Å². The first kappa shape index (κ1) is 23.3. The highest BCUT2D eigenvalue weighted by molar-refractivity contribution is 5.66. The van der Waals surface area contributed by atoms with Crippen molar-refractivity contribution in [3.8, 4) is 17.0 Å². The molecule has 1 saturated heterocycles. The number of benzene rings is 2. The second-order valence-electron chi connectivity index (χ2n) is 8.78. The van der Waals surface area contributed by atoms with Crippen molar-refractivity contribution in [2.75, 3.05) is 26.8 Å². The predicted octanol–water partition coefficient (Wildman–Crippen LogP) is 5.71. The lowest BCUT2D eigenvalue weighted by Gasteiger charge is -2.38. The number of piperidine rings is 1. The van der Waals surface area contributed by atoms with E-state index in [1.165, 1.54) is 18.7 Å². The van der Waals surface area contributed by atoms with Crippen LogP contribution in [0.25, 0.3) is 11.1 Å². The van der Waals surface area contributed by atoms with Gasteiger partial charge in [0.05, 0.1) is 20.3 Å². The Morgan fingerprint density at radius 2 is 1.76 bits per heavy atom. The van der Waals surface area contributed by atoms with E-state index in [0.29, 0.717) is 18.1 Å². The van der Waals surface area contributed by atoms with Gasteiger partial charge in [-0.25, -0.2) is 13.8 Å². The molecule has 0 atom stereocenters. The quantitative estimate of drug-likeness (QED) is 0.476. The molecule has 174 valence electrons. The molecule has 1 aromatic heterocycles. The summed E-state index contributed by atoms with van der Waals surface area (Å²) < 4.78 is 40.0. The fraction of sp³-hybridized carbons (Fsp3) is 0.370. The normalized spacial score (nSPS) is 15.9. The molecule has 1 aliphatic rings. The average Bonchev–Trinajstić information content (AvgIpc) is 2.84. The molecule has 1 N–H and O–H groups in total. The van der Waals surface area contributed by atoms with Gasteiger partial charge >= 0.3 is 0 Å². The van der Waals surface area contributed by atoms with Crippen LogP contribution < -0.4 is 10.1 Å². The molecule has 0 radical (unpaired) electrons. The second-order valence-corrected chi connectivity index (χ2v) is 8.78. The van der Waals surface area contributed by atoms with Gasteiger partial charge in [0, 0.05) is 30.2 Å². The second kappa shape index (κ2) is 9.98. The lowest BCUT2D eigenvalue weighted by molar-refractivity contribution is 0.0170. The Hall–Kier alpha value is -2.83. The molecule has 0 saturated carbocycles. The third-order valence-corrected chi connectivity index (χ3v) is 6.37. The summed E-state index contributed by atoms with van der Waals surface area (Å²) >= 11 is 0. The zero-order chi connectivity index (χ0) is 23.3. The Labute approximate surface area is 194 Å². The van der Waals surface area contributed by atoms with Crippen LogP contribution in [0.15, 0.2) is 66.9 Å². The van der Waals surface area contributed by atoms with Crippen LogP contribution in [0.4, 0.5) is 8.78 Å². The monoisotopic (exact) mass is 452 g/mol. The zero-order valence-electron chi connectivity index (χ0n) is 19.1. The highest BCUT2D eigenvalue weighted by Gasteiger charge is 2.34. The molecule has 3 aromatic rings. The molecule has 1 aliphatic heterocycles. The molecule has 0 unspecified atom stereocenters. The maximum atomic E-state index is 14.3. The van der Waals surface area contributed by atoms with Crippen molar-refractivity contribution in [3.63, 3.8) is 0 Å². The number of aromatic nitrogens is 1. The number of ether oxygens (including phenoxy) is 2. The predicted molar refractivity (Wildman–Crippen MR) is 126 cm³/mol. The first-order valence-corrected chi connectivity index (χ1v) is 11.3. The SMILES string of the molecule is COc1cc(-c2cc(COCC3(c4ccccc4)CCNCC3)cc(C(C)(F)F)c2)ccn1. The van der Waals surface area contributed by atoms with Gasteiger partial charge in [-0.3, -0.25) is 0 Å². The molecule has 4 nitrogen and oxygen atoms in total. The lowest BCUT2D eigenvalue weighted by Crippen LogP contribution is -2.43. The fourth-order valence-corrected chi connectivity index (χ4v) is 4.47. The molecule has 0 bridgehead atoms. The number of methoxy groups -OCH3 is 1. The van der Waals surface area contributed by atoms with Crippen LogP contribution in [0.2, 0.25) is 0 Å². The van der Waals surface area contributed by atoms with Crippen LogP contribution in [-0.2, 0) is 22.7 Å². The molecule has 2 aromatic carbocycles. The molecule has 0 aliphatic carbocycles. The van der Waals surface area contributed by atoms with E-state index in [-0.39, 0.29) is 17.6 Å². The van der Waals surface area contributed by atoms with E-state index in [1.807, 2.05) is 12.1 Å². The summed E-state index contributed by atoms with van der Waals surface area (Å²) in [6.07, 6.45) is 3.57. The van der Waals surface area contributed by atoms with Crippen molar-refractivity contribution in [1.82, 2.24) is 10.3 Å². The summed E-state index contributed by atoms with van der Waals surface area (Å²) in [5.41, 5.74) is 3.34. The first-order chi connectivity index (χ1) is 15.9. The van der Waals surface area contributed by atoms with Crippen molar-refractivity contribution in [1.29, 1.82) is 0 Å². The molecular weight excluding hydrogens is 422 g/mol. The average molecular weight is 453 g/mol. The molecule has 0 spiro atoms. The largest absolute Gasteiger partial charge is 0.481 e. The van der Waals surface area contributed by atoms with Crippen LogP contribution in [0.3, 0.4) is 0 Å². The molecule has 6 heteroatoms. The lowest BCUT2D eigenvalue weighted by atomic mass is 9.74. The van der Waals surface area contributed by atoms with E-state index in [1.54, 1.807) is 24.4 Å². The van der Waals surface area contributed by atoms with Crippen LogP contribution in [0.5, 0.6) is 5.88 Å². The number of alkyl halides is 2. The van der Waals surface area contributed by atoms with Gasteiger partial charge in [-0.05, 0) is 72.5 Å². The maximum absolute atomic E-state index is 14.3. The third-order valence-electron chi connectivity index (χ3n) is 6.37. The Kier molecular flexibility index (Phi) is 7.05. The Morgan fingerprint density at radius 1 is 1.00 bits per heavy atom. The van der Waals surface area contributed by atoms with Crippen molar-refractivity contribution in [2.24, 2.45) is 0 Å². The third kappa shape index (κ3) is 5.57. The minimum Gasteiger partial charge on any atom is -0.481 e. The summed E-state index contributed by atoms with van der Waals surface area (Å²) in [4.78, 5) is 4.11. The number of nitrogens with zero attached hydrogens (tertiary/aromatic N) is 1. The molecule has 1 fully saturated rings. The van der Waals surface area contributed by atoms with Gasteiger partial charge in [-0.15, -0.1) is 0 Å². The summed E-state index contributed by atoms with van der Waals surface area (Å²) in [5.74, 6) is -2.52. The minimum absolute atomic E-state index is 0.0333. The number of hydrogen-bond acceptors (Lipinski definition) is 4. The summed E-state index contributed by atoms with van der Waals surface area (Å²) in [7, 11) is 1.53. The number of pyridine rings is 1. The zero-order valence-corrected chi connectivity index (χ0v) is 19.1. The number of halogens is 2. The van der Waals surface area contributed by atoms with Crippen LogP contribution in [0.1, 0.15) is 36.5 Å². The van der Waals surface area contributed by atoms with Gasteiger partial charge in [0.2, 0.25) is 5.88 Å². The minimum atomic E-state index is -2.96.